The van der Waals surface area contributed by atoms with Crippen LogP contribution in [-0.2, 0) is 19.0 Å². The maximum absolute atomic E-state index is 11.9. The molecule has 0 bridgehead atoms. The van der Waals surface area contributed by atoms with Gasteiger partial charge >= 0.3 is 5.97 Å². The fraction of sp³-hybridized carbons (Fsp3) is 0.909. The summed E-state index contributed by atoms with van der Waals surface area (Å²) in [5.41, 5.74) is -1.31. The molecule has 2 N–H and O–H groups in total. The third kappa shape index (κ3) is 1.85. The topological polar surface area (TPSA) is 85.2 Å². The van der Waals surface area contributed by atoms with Crippen molar-refractivity contribution in [2.45, 2.75) is 56.4 Å². The maximum atomic E-state index is 11.9. The van der Waals surface area contributed by atoms with E-state index in [1.807, 2.05) is 0 Å². The number of rotatable bonds is 1. The van der Waals surface area contributed by atoms with Crippen LogP contribution in [0.2, 0.25) is 0 Å². The van der Waals surface area contributed by atoms with E-state index in [-0.39, 0.29) is 12.8 Å². The second kappa shape index (κ2) is 3.91. The molecular weight excluding hydrogens is 228 g/mol. The number of carbonyl (C=O) groups excluding carboxylic acids is 1. The average molecular weight is 246 g/mol. The number of aliphatic hydroxyl groups excluding tert-OH is 2. The molecule has 1 saturated heterocycles. The second-order valence-corrected chi connectivity index (χ2v) is 5.02. The van der Waals surface area contributed by atoms with Gasteiger partial charge in [-0.05, 0) is 26.7 Å². The van der Waals surface area contributed by atoms with Crippen LogP contribution in [-0.4, -0.2) is 53.0 Å². The Morgan fingerprint density at radius 3 is 2.65 bits per heavy atom. The lowest BCUT2D eigenvalue weighted by atomic mass is 9.79. The van der Waals surface area contributed by atoms with E-state index in [9.17, 15) is 15.0 Å². The van der Waals surface area contributed by atoms with Crippen molar-refractivity contribution < 1.29 is 29.2 Å². The first-order chi connectivity index (χ1) is 7.82. The number of hydrogen-bond donors (Lipinski definition) is 2. The lowest BCUT2D eigenvalue weighted by Gasteiger charge is -2.38. The highest BCUT2D eigenvalue weighted by molar-refractivity contribution is 5.81. The summed E-state index contributed by atoms with van der Waals surface area (Å²) in [4.78, 5) is 11.9. The van der Waals surface area contributed by atoms with Crippen LogP contribution < -0.4 is 0 Å². The number of hydrogen-bond acceptors (Lipinski definition) is 6. The molecule has 0 radical (unpaired) electrons. The van der Waals surface area contributed by atoms with E-state index in [0.29, 0.717) is 0 Å². The normalized spacial score (nSPS) is 44.2. The van der Waals surface area contributed by atoms with Crippen LogP contribution >= 0.6 is 0 Å². The third-order valence-corrected chi connectivity index (χ3v) is 3.35. The monoisotopic (exact) mass is 246 g/mol. The van der Waals surface area contributed by atoms with E-state index in [0.717, 1.165) is 0 Å². The predicted molar refractivity (Wildman–Crippen MR) is 56.0 cm³/mol. The molecule has 0 unspecified atom stereocenters. The van der Waals surface area contributed by atoms with Crippen molar-refractivity contribution in [1.82, 2.24) is 0 Å². The quantitative estimate of drug-likeness (QED) is 0.610. The zero-order valence-corrected chi connectivity index (χ0v) is 10.2. The van der Waals surface area contributed by atoms with E-state index in [4.69, 9.17) is 14.2 Å². The van der Waals surface area contributed by atoms with Gasteiger partial charge in [-0.3, -0.25) is 0 Å². The standard InChI is InChI=1S/C11H18O6/c1-10(2)16-8-7(13)6(12)4-5-11(8,17-10)9(14)15-3/h6-8,12-13H,4-5H2,1-3H3/t6-,7-,8+,11-/m0/s1. The van der Waals surface area contributed by atoms with Crippen molar-refractivity contribution in [2.24, 2.45) is 0 Å². The molecule has 2 fully saturated rings. The van der Waals surface area contributed by atoms with Gasteiger partial charge in [0.25, 0.3) is 0 Å². The number of ether oxygens (including phenoxy) is 3. The lowest BCUT2D eigenvalue weighted by Crippen LogP contribution is -2.60. The molecule has 2 rings (SSSR count). The second-order valence-electron chi connectivity index (χ2n) is 5.02. The fourth-order valence-corrected chi connectivity index (χ4v) is 2.63. The molecule has 1 aliphatic carbocycles. The lowest BCUT2D eigenvalue weighted by molar-refractivity contribution is -0.191. The van der Waals surface area contributed by atoms with Crippen LogP contribution in [0.1, 0.15) is 26.7 Å². The van der Waals surface area contributed by atoms with Gasteiger partial charge in [0.2, 0.25) is 0 Å². The molecule has 17 heavy (non-hydrogen) atoms. The number of fused-ring (bicyclic) bond motifs is 1. The first-order valence-electron chi connectivity index (χ1n) is 5.65. The Labute approximate surface area is 99.5 Å². The molecule has 0 aromatic carbocycles. The molecule has 1 aliphatic heterocycles. The van der Waals surface area contributed by atoms with Crippen LogP contribution in [0.15, 0.2) is 0 Å². The highest BCUT2D eigenvalue weighted by Crippen LogP contribution is 2.45. The van der Waals surface area contributed by atoms with Crippen molar-refractivity contribution in [3.05, 3.63) is 0 Å². The molecule has 0 spiro atoms. The zero-order chi connectivity index (χ0) is 12.8. The Balaban J connectivity index is 2.36. The summed E-state index contributed by atoms with van der Waals surface area (Å²) >= 11 is 0. The molecule has 1 saturated carbocycles. The first kappa shape index (κ1) is 12.8. The van der Waals surface area contributed by atoms with Crippen molar-refractivity contribution >= 4 is 5.97 Å². The van der Waals surface area contributed by atoms with E-state index in [1.54, 1.807) is 13.8 Å². The van der Waals surface area contributed by atoms with Gasteiger partial charge in [-0.15, -0.1) is 0 Å². The molecule has 6 nitrogen and oxygen atoms in total. The summed E-state index contributed by atoms with van der Waals surface area (Å²) in [5, 5.41) is 19.6. The summed E-state index contributed by atoms with van der Waals surface area (Å²) in [6.07, 6.45) is -2.41. The highest BCUT2D eigenvalue weighted by Gasteiger charge is 2.64. The highest BCUT2D eigenvalue weighted by atomic mass is 16.8. The van der Waals surface area contributed by atoms with E-state index in [1.165, 1.54) is 7.11 Å². The Kier molecular flexibility index (Phi) is 2.94. The summed E-state index contributed by atoms with van der Waals surface area (Å²) in [6, 6.07) is 0. The number of esters is 1. The van der Waals surface area contributed by atoms with Crippen LogP contribution in [0, 0.1) is 0 Å². The smallest absolute Gasteiger partial charge is 0.341 e. The van der Waals surface area contributed by atoms with Crippen LogP contribution in [0.4, 0.5) is 0 Å². The molecule has 6 heteroatoms. The molecule has 1 heterocycles. The SMILES string of the molecule is COC(=O)[C@]12CC[C@H](O)[C@H](O)[C@H]1OC(C)(C)O2. The van der Waals surface area contributed by atoms with Gasteiger partial charge in [0, 0.05) is 0 Å². The Hall–Kier alpha value is -0.690. The average Bonchev–Trinajstić information content (AvgIpc) is 2.56. The maximum Gasteiger partial charge on any atom is 0.341 e. The van der Waals surface area contributed by atoms with Gasteiger partial charge in [-0.1, -0.05) is 0 Å². The van der Waals surface area contributed by atoms with Crippen LogP contribution in [0.5, 0.6) is 0 Å². The number of methoxy groups -OCH3 is 1. The fourth-order valence-electron chi connectivity index (χ4n) is 2.63. The molecular formula is C11H18O6. The Morgan fingerprint density at radius 1 is 1.41 bits per heavy atom. The van der Waals surface area contributed by atoms with Gasteiger partial charge in [0.1, 0.15) is 12.2 Å². The third-order valence-electron chi connectivity index (χ3n) is 3.35. The van der Waals surface area contributed by atoms with Crippen molar-refractivity contribution in [3.63, 3.8) is 0 Å². The van der Waals surface area contributed by atoms with Gasteiger partial charge in [0.05, 0.1) is 13.2 Å². The largest absolute Gasteiger partial charge is 0.467 e. The summed E-state index contributed by atoms with van der Waals surface area (Å²) < 4.78 is 15.9. The molecule has 0 amide bonds. The zero-order valence-electron chi connectivity index (χ0n) is 10.2. The number of aliphatic hydroxyl groups is 2. The van der Waals surface area contributed by atoms with Crippen molar-refractivity contribution in [2.75, 3.05) is 7.11 Å². The molecule has 0 aromatic rings. The van der Waals surface area contributed by atoms with E-state index < -0.39 is 35.7 Å². The minimum absolute atomic E-state index is 0.270. The molecule has 98 valence electrons. The van der Waals surface area contributed by atoms with Gasteiger partial charge < -0.3 is 24.4 Å². The van der Waals surface area contributed by atoms with E-state index >= 15 is 0 Å². The minimum Gasteiger partial charge on any atom is -0.467 e. The summed E-state index contributed by atoms with van der Waals surface area (Å²) in [5.74, 6) is -1.55. The van der Waals surface area contributed by atoms with Crippen LogP contribution in [0.25, 0.3) is 0 Å². The van der Waals surface area contributed by atoms with Crippen molar-refractivity contribution in [1.29, 1.82) is 0 Å². The summed E-state index contributed by atoms with van der Waals surface area (Å²) in [7, 11) is 1.26. The predicted octanol–water partition coefficient (Wildman–Crippen LogP) is -0.435. The first-order valence-corrected chi connectivity index (χ1v) is 5.65. The van der Waals surface area contributed by atoms with Gasteiger partial charge in [-0.25, -0.2) is 4.79 Å². The molecule has 4 atom stereocenters. The van der Waals surface area contributed by atoms with Gasteiger partial charge in [-0.2, -0.15) is 0 Å². The molecule has 0 aromatic heterocycles. The summed E-state index contributed by atoms with van der Waals surface area (Å²) in [6.45, 7) is 3.32. The molecule has 2 aliphatic rings. The van der Waals surface area contributed by atoms with Crippen molar-refractivity contribution in [3.8, 4) is 0 Å². The number of carbonyl (C=O) groups is 1. The Morgan fingerprint density at radius 2 is 2.06 bits per heavy atom. The van der Waals surface area contributed by atoms with Crippen LogP contribution in [0.3, 0.4) is 0 Å². The Bertz CT molecular complexity index is 328. The van der Waals surface area contributed by atoms with Gasteiger partial charge in [0.15, 0.2) is 11.4 Å². The van der Waals surface area contributed by atoms with E-state index in [2.05, 4.69) is 0 Å². The minimum atomic E-state index is -1.31.